The molecule has 0 radical (unpaired) electrons. The summed E-state index contributed by atoms with van der Waals surface area (Å²) in [6.45, 7) is 7.06. The minimum atomic E-state index is -1.40. The van der Waals surface area contributed by atoms with E-state index in [9.17, 15) is 8.94 Å². The molecule has 0 aliphatic heterocycles. The molecule has 0 amide bonds. The molecule has 0 N–H and O–H groups in total. The van der Waals surface area contributed by atoms with E-state index < -0.39 is 21.9 Å². The van der Waals surface area contributed by atoms with Crippen LogP contribution in [0.5, 0.6) is 0 Å². The van der Waals surface area contributed by atoms with Gasteiger partial charge in [-0.3, -0.25) is 0 Å². The smallest absolute Gasteiger partial charge is 0.144 e. The van der Waals surface area contributed by atoms with Gasteiger partial charge in [0, 0.05) is 5.56 Å². The molecule has 0 saturated carbocycles. The highest BCUT2D eigenvalue weighted by Gasteiger charge is 2.27. The van der Waals surface area contributed by atoms with E-state index >= 15 is 0 Å². The maximum atomic E-state index is 13.0. The van der Waals surface area contributed by atoms with Gasteiger partial charge >= 0.3 is 0 Å². The third-order valence-electron chi connectivity index (χ3n) is 1.94. The summed E-state index contributed by atoms with van der Waals surface area (Å²) in [6, 6.07) is 1.23. The summed E-state index contributed by atoms with van der Waals surface area (Å²) in [4.78, 5) is 3.68. The van der Waals surface area contributed by atoms with Crippen molar-refractivity contribution >= 4 is 28.7 Å². The fraction of sp³-hybridized carbons (Fsp3) is 0.455. The van der Waals surface area contributed by atoms with Crippen LogP contribution in [0, 0.1) is 5.82 Å². The lowest BCUT2D eigenvalue weighted by atomic mass is 10.2. The maximum Gasteiger partial charge on any atom is 0.144 e. The van der Waals surface area contributed by atoms with Crippen LogP contribution in [-0.4, -0.2) is 20.0 Å². The minimum absolute atomic E-state index is 0.151. The second-order valence-electron chi connectivity index (χ2n) is 4.53. The third-order valence-corrected chi connectivity index (χ3v) is 3.73. The molecule has 0 saturated heterocycles. The predicted octanol–water partition coefficient (Wildman–Crippen LogP) is 3.15. The summed E-state index contributed by atoms with van der Waals surface area (Å²) < 4.78 is 28.4. The zero-order valence-corrected chi connectivity index (χ0v) is 11.7. The Bertz CT molecular complexity index is 446. The number of aromatic nitrogens is 1. The highest BCUT2D eigenvalue weighted by molar-refractivity contribution is 7.91. The van der Waals surface area contributed by atoms with Crippen molar-refractivity contribution in [1.29, 1.82) is 0 Å². The van der Waals surface area contributed by atoms with Gasteiger partial charge in [0.25, 0.3) is 0 Å². The van der Waals surface area contributed by atoms with Gasteiger partial charge in [-0.15, -0.1) is 0 Å². The molecule has 3 nitrogen and oxygen atoms in total. The van der Waals surface area contributed by atoms with E-state index in [2.05, 4.69) is 9.38 Å². The molecule has 94 valence electrons. The number of pyridine rings is 1. The Morgan fingerprint density at radius 1 is 1.53 bits per heavy atom. The normalized spacial score (nSPS) is 14.9. The Balaban J connectivity index is 3.08. The van der Waals surface area contributed by atoms with Crippen LogP contribution >= 0.6 is 11.6 Å². The second kappa shape index (κ2) is 5.33. The van der Waals surface area contributed by atoms with E-state index in [0.29, 0.717) is 11.3 Å². The first kappa shape index (κ1) is 14.4. The quantitative estimate of drug-likeness (QED) is 0.473. The van der Waals surface area contributed by atoms with E-state index in [1.165, 1.54) is 6.07 Å². The van der Waals surface area contributed by atoms with Gasteiger partial charge in [0.1, 0.15) is 27.1 Å². The highest BCUT2D eigenvalue weighted by atomic mass is 35.5. The molecule has 17 heavy (non-hydrogen) atoms. The van der Waals surface area contributed by atoms with Crippen LogP contribution in [0.2, 0.25) is 5.15 Å². The van der Waals surface area contributed by atoms with Crippen LogP contribution in [0.25, 0.3) is 0 Å². The van der Waals surface area contributed by atoms with Crippen molar-refractivity contribution in [3.05, 3.63) is 28.8 Å². The maximum absolute atomic E-state index is 13.0. The van der Waals surface area contributed by atoms with E-state index in [1.54, 1.807) is 6.92 Å². The van der Waals surface area contributed by atoms with Crippen LogP contribution in [0.15, 0.2) is 16.7 Å². The van der Waals surface area contributed by atoms with Crippen LogP contribution < -0.4 is 0 Å². The van der Waals surface area contributed by atoms with Gasteiger partial charge in [-0.25, -0.2) is 9.37 Å². The molecule has 6 heteroatoms. The lowest BCUT2D eigenvalue weighted by Gasteiger charge is -2.18. The summed E-state index contributed by atoms with van der Waals surface area (Å²) in [7, 11) is 0. The monoisotopic (exact) mass is 276 g/mol. The Kier molecular flexibility index (Phi) is 4.52. The SMILES string of the molecule is CC(=N[S+]([O-])C(C)(C)C)c1cc(F)cnc1Cl. The Labute approximate surface area is 108 Å². The van der Waals surface area contributed by atoms with Crippen molar-refractivity contribution < 1.29 is 8.94 Å². The van der Waals surface area contributed by atoms with Crippen molar-refractivity contribution in [3.63, 3.8) is 0 Å². The summed E-state index contributed by atoms with van der Waals surface area (Å²) in [5.41, 5.74) is 0.777. The van der Waals surface area contributed by atoms with Gasteiger partial charge in [-0.1, -0.05) is 16.0 Å². The van der Waals surface area contributed by atoms with Gasteiger partial charge in [0.2, 0.25) is 0 Å². The average molecular weight is 277 g/mol. The number of rotatable bonds is 2. The molecule has 0 fully saturated rings. The van der Waals surface area contributed by atoms with Crippen molar-refractivity contribution in [3.8, 4) is 0 Å². The first-order valence-corrected chi connectivity index (χ1v) is 6.49. The lowest BCUT2D eigenvalue weighted by Crippen LogP contribution is -2.26. The average Bonchev–Trinajstić information content (AvgIpc) is 2.20. The van der Waals surface area contributed by atoms with Crippen molar-refractivity contribution in [1.82, 2.24) is 4.98 Å². The van der Waals surface area contributed by atoms with E-state index in [0.717, 1.165) is 6.20 Å². The van der Waals surface area contributed by atoms with Crippen LogP contribution in [-0.2, 0) is 11.4 Å². The number of hydrogen-bond donors (Lipinski definition) is 0. The molecular weight excluding hydrogens is 263 g/mol. The van der Waals surface area contributed by atoms with Crippen molar-refractivity contribution in [2.24, 2.45) is 4.40 Å². The van der Waals surface area contributed by atoms with Crippen LogP contribution in [0.4, 0.5) is 4.39 Å². The van der Waals surface area contributed by atoms with Crippen LogP contribution in [0.3, 0.4) is 0 Å². The van der Waals surface area contributed by atoms with Gasteiger partial charge in [-0.05, 0) is 33.8 Å². The molecule has 1 aromatic rings. The zero-order chi connectivity index (χ0) is 13.2. The van der Waals surface area contributed by atoms with Gasteiger partial charge in [0.05, 0.1) is 11.9 Å². The fourth-order valence-corrected chi connectivity index (χ4v) is 1.85. The standard InChI is InChI=1S/C11H14ClFN2OS/c1-7(15-17(16)11(2,3)4)9-5-8(13)6-14-10(9)12/h5-6H,1-4H3. The molecule has 0 aromatic carbocycles. The first-order valence-electron chi connectivity index (χ1n) is 5.00. The minimum Gasteiger partial charge on any atom is -0.591 e. The molecule has 0 aliphatic rings. The zero-order valence-electron chi connectivity index (χ0n) is 10.1. The largest absolute Gasteiger partial charge is 0.591 e. The van der Waals surface area contributed by atoms with Crippen molar-refractivity contribution in [2.45, 2.75) is 32.4 Å². The summed E-state index contributed by atoms with van der Waals surface area (Å²) in [5.74, 6) is -0.500. The van der Waals surface area contributed by atoms with Gasteiger partial charge in [0.15, 0.2) is 0 Å². The number of halogens is 2. The summed E-state index contributed by atoms with van der Waals surface area (Å²) >= 11 is 4.43. The molecule has 0 spiro atoms. The van der Waals surface area contributed by atoms with Crippen molar-refractivity contribution in [2.75, 3.05) is 0 Å². The molecule has 1 aromatic heterocycles. The van der Waals surface area contributed by atoms with E-state index in [1.807, 2.05) is 20.8 Å². The Morgan fingerprint density at radius 2 is 2.12 bits per heavy atom. The summed E-state index contributed by atoms with van der Waals surface area (Å²) in [6.07, 6.45) is 1.03. The molecule has 1 unspecified atom stereocenters. The lowest BCUT2D eigenvalue weighted by molar-refractivity contribution is 0.561. The molecular formula is C11H14ClFN2OS. The Morgan fingerprint density at radius 3 is 2.65 bits per heavy atom. The Hall–Kier alpha value is -0.650. The molecule has 0 bridgehead atoms. The molecule has 1 rings (SSSR count). The molecule has 0 aliphatic carbocycles. The topological polar surface area (TPSA) is 48.3 Å². The fourth-order valence-electron chi connectivity index (χ4n) is 0.987. The second-order valence-corrected chi connectivity index (χ2v) is 6.79. The number of hydrogen-bond acceptors (Lipinski definition) is 3. The first-order chi connectivity index (χ1) is 7.71. The van der Waals surface area contributed by atoms with Gasteiger partial charge < -0.3 is 4.55 Å². The molecule has 1 heterocycles. The summed E-state index contributed by atoms with van der Waals surface area (Å²) in [5, 5.41) is 0.151. The number of nitrogens with zero attached hydrogens (tertiary/aromatic N) is 2. The van der Waals surface area contributed by atoms with Crippen LogP contribution in [0.1, 0.15) is 33.3 Å². The van der Waals surface area contributed by atoms with E-state index in [4.69, 9.17) is 11.6 Å². The molecule has 1 atom stereocenters. The van der Waals surface area contributed by atoms with E-state index in [-0.39, 0.29) is 5.15 Å². The predicted molar refractivity (Wildman–Crippen MR) is 69.3 cm³/mol. The highest BCUT2D eigenvalue weighted by Crippen LogP contribution is 2.20. The third kappa shape index (κ3) is 3.94. The van der Waals surface area contributed by atoms with Gasteiger partial charge in [-0.2, -0.15) is 0 Å².